The van der Waals surface area contributed by atoms with Gasteiger partial charge in [-0.1, -0.05) is 0 Å². The molecule has 0 atom stereocenters. The molecule has 1 aromatic heterocycles. The lowest BCUT2D eigenvalue weighted by molar-refractivity contribution is -0.151. The van der Waals surface area contributed by atoms with E-state index in [1.54, 1.807) is 11.6 Å². The summed E-state index contributed by atoms with van der Waals surface area (Å²) in [6.07, 6.45) is 2.41. The average molecular weight is 210 g/mol. The van der Waals surface area contributed by atoms with E-state index in [1.165, 1.54) is 12.5 Å². The number of hydrogen-bond acceptors (Lipinski definition) is 5. The van der Waals surface area contributed by atoms with Gasteiger partial charge in [-0.2, -0.15) is 0 Å². The number of nitrogens with zero attached hydrogens (tertiary/aromatic N) is 2. The van der Waals surface area contributed by atoms with Gasteiger partial charge in [0.05, 0.1) is 19.9 Å². The lowest BCUT2D eigenvalue weighted by atomic mass is 10.1. The maximum absolute atomic E-state index is 11.4. The van der Waals surface area contributed by atoms with Gasteiger partial charge in [-0.05, 0) is 0 Å². The minimum absolute atomic E-state index is 0.162. The minimum atomic E-state index is -1.01. The van der Waals surface area contributed by atoms with Crippen LogP contribution in [0.15, 0.2) is 12.5 Å². The van der Waals surface area contributed by atoms with Gasteiger partial charge in [0.25, 0.3) is 0 Å². The topological polar surface area (TPSA) is 78.3 Å². The van der Waals surface area contributed by atoms with Crippen molar-refractivity contribution in [3.8, 4) is 0 Å². The number of methoxy groups -OCH3 is 1. The van der Waals surface area contributed by atoms with Crippen LogP contribution < -0.4 is 0 Å². The highest BCUT2D eigenvalue weighted by atomic mass is 16.5. The van der Waals surface area contributed by atoms with Gasteiger partial charge in [0.15, 0.2) is 5.78 Å². The van der Waals surface area contributed by atoms with E-state index in [0.717, 1.165) is 7.11 Å². The van der Waals surface area contributed by atoms with Gasteiger partial charge in [-0.15, -0.1) is 0 Å². The van der Waals surface area contributed by atoms with Crippen molar-refractivity contribution in [2.24, 2.45) is 7.05 Å². The monoisotopic (exact) mass is 210 g/mol. The number of esters is 1. The first-order valence-corrected chi connectivity index (χ1v) is 4.17. The van der Waals surface area contributed by atoms with E-state index in [2.05, 4.69) is 9.72 Å². The molecule has 15 heavy (non-hydrogen) atoms. The first kappa shape index (κ1) is 11.1. The van der Waals surface area contributed by atoms with Gasteiger partial charge < -0.3 is 9.30 Å². The second-order valence-electron chi connectivity index (χ2n) is 2.94. The zero-order chi connectivity index (χ0) is 11.4. The third-order valence-corrected chi connectivity index (χ3v) is 1.72. The molecule has 0 aromatic carbocycles. The molecule has 6 heteroatoms. The maximum atomic E-state index is 11.4. The third kappa shape index (κ3) is 2.73. The van der Waals surface area contributed by atoms with Crippen LogP contribution in [0.3, 0.4) is 0 Å². The first-order valence-electron chi connectivity index (χ1n) is 4.17. The predicted octanol–water partition coefficient (Wildman–Crippen LogP) is -0.265. The molecule has 0 aliphatic rings. The van der Waals surface area contributed by atoms with E-state index in [4.69, 9.17) is 0 Å². The van der Waals surface area contributed by atoms with Crippen molar-refractivity contribution >= 4 is 17.5 Å². The molecule has 80 valence electrons. The molecule has 0 amide bonds. The van der Waals surface area contributed by atoms with E-state index in [9.17, 15) is 14.4 Å². The Hall–Kier alpha value is -1.98. The van der Waals surface area contributed by atoms with E-state index in [-0.39, 0.29) is 5.69 Å². The van der Waals surface area contributed by atoms with Crippen LogP contribution in [0.25, 0.3) is 0 Å². The second-order valence-corrected chi connectivity index (χ2v) is 2.94. The molecule has 0 saturated heterocycles. The summed E-state index contributed by atoms with van der Waals surface area (Å²) >= 11 is 0. The highest BCUT2D eigenvalue weighted by molar-refractivity contribution is 6.37. The molecule has 1 aromatic rings. The molecule has 1 heterocycles. The van der Waals surface area contributed by atoms with Crippen molar-refractivity contribution in [2.75, 3.05) is 7.11 Å². The summed E-state index contributed by atoms with van der Waals surface area (Å²) < 4.78 is 5.77. The molecule has 6 nitrogen and oxygen atoms in total. The average Bonchev–Trinajstić information content (AvgIpc) is 2.63. The fraction of sp³-hybridized carbons (Fsp3) is 0.333. The lowest BCUT2D eigenvalue weighted by Crippen LogP contribution is -2.19. The molecule has 0 spiro atoms. The number of ether oxygens (including phenoxy) is 1. The Morgan fingerprint density at radius 3 is 2.60 bits per heavy atom. The Morgan fingerprint density at radius 2 is 2.13 bits per heavy atom. The SMILES string of the molecule is COC(=O)C(=O)CC(=O)c1cn(C)cn1. The number of ketones is 2. The summed E-state index contributed by atoms with van der Waals surface area (Å²) in [6, 6.07) is 0. The smallest absolute Gasteiger partial charge is 0.374 e. The van der Waals surface area contributed by atoms with Crippen molar-refractivity contribution < 1.29 is 19.1 Å². The molecular formula is C9H10N2O4. The summed E-state index contributed by atoms with van der Waals surface area (Å²) in [5.41, 5.74) is 0.162. The second kappa shape index (κ2) is 4.50. The summed E-state index contributed by atoms with van der Waals surface area (Å²) in [4.78, 5) is 36.9. The van der Waals surface area contributed by atoms with Crippen molar-refractivity contribution in [2.45, 2.75) is 6.42 Å². The predicted molar refractivity (Wildman–Crippen MR) is 49.2 cm³/mol. The third-order valence-electron chi connectivity index (χ3n) is 1.72. The van der Waals surface area contributed by atoms with E-state index < -0.39 is 24.0 Å². The molecule has 0 unspecified atom stereocenters. The van der Waals surface area contributed by atoms with Crippen molar-refractivity contribution in [1.82, 2.24) is 9.55 Å². The zero-order valence-electron chi connectivity index (χ0n) is 8.39. The molecule has 0 aliphatic heterocycles. The highest BCUT2D eigenvalue weighted by Gasteiger charge is 2.20. The van der Waals surface area contributed by atoms with Crippen molar-refractivity contribution in [3.63, 3.8) is 0 Å². The molecule has 0 radical (unpaired) electrons. The number of imidazole rings is 1. The molecule has 0 fully saturated rings. The lowest BCUT2D eigenvalue weighted by Gasteiger charge is -1.96. The van der Waals surface area contributed by atoms with Crippen LogP contribution in [0, 0.1) is 0 Å². The van der Waals surface area contributed by atoms with E-state index in [0.29, 0.717) is 0 Å². The van der Waals surface area contributed by atoms with Crippen LogP contribution in [0.4, 0.5) is 0 Å². The zero-order valence-corrected chi connectivity index (χ0v) is 8.39. The van der Waals surface area contributed by atoms with E-state index in [1.807, 2.05) is 0 Å². The summed E-state index contributed by atoms with van der Waals surface area (Å²) in [6.45, 7) is 0. The van der Waals surface area contributed by atoms with Crippen LogP contribution >= 0.6 is 0 Å². The largest absolute Gasteiger partial charge is 0.463 e. The molecule has 0 saturated carbocycles. The van der Waals surface area contributed by atoms with Crippen molar-refractivity contribution in [1.29, 1.82) is 0 Å². The number of carbonyl (C=O) groups is 3. The van der Waals surface area contributed by atoms with Crippen LogP contribution in [0.5, 0.6) is 0 Å². The Balaban J connectivity index is 2.64. The number of carbonyl (C=O) groups excluding carboxylic acids is 3. The number of hydrogen-bond donors (Lipinski definition) is 0. The molecule has 0 N–H and O–H groups in total. The van der Waals surface area contributed by atoms with Gasteiger partial charge in [0.1, 0.15) is 5.69 Å². The minimum Gasteiger partial charge on any atom is -0.463 e. The van der Waals surface area contributed by atoms with E-state index >= 15 is 0 Å². The van der Waals surface area contributed by atoms with Crippen LogP contribution in [-0.4, -0.2) is 34.2 Å². The number of aromatic nitrogens is 2. The first-order chi connectivity index (χ1) is 7.04. The highest BCUT2D eigenvalue weighted by Crippen LogP contribution is 2.00. The molecule has 0 bridgehead atoms. The molecular weight excluding hydrogens is 200 g/mol. The summed E-state index contributed by atoms with van der Waals surface area (Å²) in [7, 11) is 2.79. The van der Waals surface area contributed by atoms with Gasteiger partial charge >= 0.3 is 5.97 Å². The number of Topliss-reactive ketones (excluding diaryl/α,β-unsaturated/α-hetero) is 2. The summed E-state index contributed by atoms with van der Waals surface area (Å²) in [5, 5.41) is 0. The quantitative estimate of drug-likeness (QED) is 0.296. The van der Waals surface area contributed by atoms with Crippen LogP contribution in [0.1, 0.15) is 16.9 Å². The maximum Gasteiger partial charge on any atom is 0.374 e. The fourth-order valence-corrected chi connectivity index (χ4v) is 0.979. The molecule has 0 aliphatic carbocycles. The van der Waals surface area contributed by atoms with Gasteiger partial charge in [-0.3, -0.25) is 9.59 Å². The number of rotatable bonds is 4. The Labute approximate surface area is 85.9 Å². The van der Waals surface area contributed by atoms with Gasteiger partial charge in [0, 0.05) is 13.2 Å². The standard InChI is InChI=1S/C9H10N2O4/c1-11-4-6(10-5-11)7(12)3-8(13)9(14)15-2/h4-5H,3H2,1-2H3. The Morgan fingerprint density at radius 1 is 1.47 bits per heavy atom. The van der Waals surface area contributed by atoms with Crippen LogP contribution in [0.2, 0.25) is 0 Å². The Bertz CT molecular complexity index is 408. The Kier molecular flexibility index (Phi) is 3.33. The van der Waals surface area contributed by atoms with Gasteiger partial charge in [0.2, 0.25) is 5.78 Å². The van der Waals surface area contributed by atoms with Crippen LogP contribution in [-0.2, 0) is 21.4 Å². The normalized spacial score (nSPS) is 9.73. The number of aryl methyl sites for hydroxylation is 1. The van der Waals surface area contributed by atoms with Gasteiger partial charge in [-0.25, -0.2) is 9.78 Å². The van der Waals surface area contributed by atoms with Crippen molar-refractivity contribution in [3.05, 3.63) is 18.2 Å². The molecule has 1 rings (SSSR count). The fourth-order valence-electron chi connectivity index (χ4n) is 0.979. The summed E-state index contributed by atoms with van der Waals surface area (Å²) in [5.74, 6) is -2.38.